The van der Waals surface area contributed by atoms with E-state index in [1.54, 1.807) is 19.1 Å². The first kappa shape index (κ1) is 23.1. The molecule has 1 amide bonds. The highest BCUT2D eigenvalue weighted by Crippen LogP contribution is 2.31. The Morgan fingerprint density at radius 2 is 1.84 bits per heavy atom. The molecule has 0 fully saturated rings. The first-order valence-electron chi connectivity index (χ1n) is 9.37. The summed E-state index contributed by atoms with van der Waals surface area (Å²) in [4.78, 5) is 30.9. The summed E-state index contributed by atoms with van der Waals surface area (Å²) in [7, 11) is 0. The highest BCUT2D eigenvalue weighted by Gasteiger charge is 2.22. The summed E-state index contributed by atoms with van der Waals surface area (Å²) in [5.41, 5.74) is 0.132. The van der Waals surface area contributed by atoms with Gasteiger partial charge in [-0.2, -0.15) is 0 Å². The van der Waals surface area contributed by atoms with E-state index in [1.807, 2.05) is 18.4 Å². The van der Waals surface area contributed by atoms with Gasteiger partial charge in [0.05, 0.1) is 24.3 Å². The number of halogens is 3. The molecule has 10 heteroatoms. The van der Waals surface area contributed by atoms with Crippen molar-refractivity contribution in [2.24, 2.45) is 0 Å². The number of thioether (sulfide) groups is 1. The monoisotopic (exact) mass is 468 g/mol. The number of aromatic nitrogens is 1. The largest absolute Gasteiger partial charge is 0.466 e. The summed E-state index contributed by atoms with van der Waals surface area (Å²) in [6.45, 7) is 1.81. The van der Waals surface area contributed by atoms with Crippen molar-refractivity contribution >= 4 is 50.9 Å². The third kappa shape index (κ3) is 5.37. The first-order chi connectivity index (χ1) is 14.8. The fourth-order valence-corrected chi connectivity index (χ4v) is 4.26. The van der Waals surface area contributed by atoms with Crippen LogP contribution in [0.4, 0.5) is 18.9 Å². The molecule has 3 aromatic rings. The van der Waals surface area contributed by atoms with Crippen LogP contribution in [0.5, 0.6) is 0 Å². The van der Waals surface area contributed by atoms with Gasteiger partial charge in [-0.1, -0.05) is 0 Å². The van der Waals surface area contributed by atoms with Crippen LogP contribution < -0.4 is 4.90 Å². The molecule has 164 valence electrons. The molecule has 5 nitrogen and oxygen atoms in total. The fourth-order valence-electron chi connectivity index (χ4n) is 2.89. The number of fused-ring (bicyclic) bond motifs is 1. The number of hydrogen-bond acceptors (Lipinski definition) is 6. The Bertz CT molecular complexity index is 1100. The van der Waals surface area contributed by atoms with Gasteiger partial charge in [0.2, 0.25) is 5.91 Å². The Morgan fingerprint density at radius 3 is 2.48 bits per heavy atom. The van der Waals surface area contributed by atoms with Crippen molar-refractivity contribution in [3.63, 3.8) is 0 Å². The molecule has 1 heterocycles. The minimum absolute atomic E-state index is 0.0832. The van der Waals surface area contributed by atoms with Crippen LogP contribution in [-0.4, -0.2) is 29.7 Å². The summed E-state index contributed by atoms with van der Waals surface area (Å²) >= 11 is 2.38. The van der Waals surface area contributed by atoms with E-state index in [9.17, 15) is 22.8 Å². The predicted octanol–water partition coefficient (Wildman–Crippen LogP) is 5.31. The fraction of sp³-hybridized carbons (Fsp3) is 0.286. The van der Waals surface area contributed by atoms with Gasteiger partial charge in [0, 0.05) is 23.1 Å². The predicted molar refractivity (Wildman–Crippen MR) is 115 cm³/mol. The molecule has 0 bridgehead atoms. The van der Waals surface area contributed by atoms with Crippen molar-refractivity contribution in [3.8, 4) is 0 Å². The normalized spacial score (nSPS) is 11.0. The second kappa shape index (κ2) is 10.1. The van der Waals surface area contributed by atoms with Gasteiger partial charge in [0.15, 0.2) is 11.6 Å². The third-order valence-electron chi connectivity index (χ3n) is 4.39. The maximum atomic E-state index is 14.1. The van der Waals surface area contributed by atoms with Crippen LogP contribution in [0, 0.1) is 17.5 Å². The first-order valence-corrected chi connectivity index (χ1v) is 11.4. The van der Waals surface area contributed by atoms with Crippen molar-refractivity contribution in [1.82, 2.24) is 4.98 Å². The van der Waals surface area contributed by atoms with Crippen molar-refractivity contribution in [2.75, 3.05) is 17.8 Å². The lowest BCUT2D eigenvalue weighted by Gasteiger charge is -2.22. The molecule has 0 aliphatic heterocycles. The van der Waals surface area contributed by atoms with Crippen molar-refractivity contribution in [3.05, 3.63) is 52.8 Å². The van der Waals surface area contributed by atoms with Gasteiger partial charge in [0.1, 0.15) is 16.3 Å². The number of nitrogens with zero attached hydrogens (tertiary/aromatic N) is 2. The summed E-state index contributed by atoms with van der Waals surface area (Å²) in [6.07, 6.45) is 1.71. The van der Waals surface area contributed by atoms with Crippen molar-refractivity contribution in [2.45, 2.75) is 31.2 Å². The molecule has 0 spiro atoms. The zero-order valence-corrected chi connectivity index (χ0v) is 18.4. The van der Waals surface area contributed by atoms with Crippen LogP contribution in [-0.2, 0) is 20.9 Å². The lowest BCUT2D eigenvalue weighted by Crippen LogP contribution is -2.30. The molecule has 0 saturated heterocycles. The molecule has 0 aliphatic rings. The van der Waals surface area contributed by atoms with Crippen LogP contribution in [0.15, 0.2) is 35.2 Å². The van der Waals surface area contributed by atoms with E-state index in [2.05, 4.69) is 4.98 Å². The molecule has 1 aromatic heterocycles. The van der Waals surface area contributed by atoms with Crippen LogP contribution in [0.3, 0.4) is 0 Å². The van der Waals surface area contributed by atoms with Gasteiger partial charge in [-0.15, -0.1) is 23.1 Å². The van der Waals surface area contributed by atoms with E-state index in [4.69, 9.17) is 4.74 Å². The lowest BCUT2D eigenvalue weighted by molar-refractivity contribution is -0.144. The molecule has 0 unspecified atom stereocenters. The van der Waals surface area contributed by atoms with Crippen LogP contribution in [0.2, 0.25) is 0 Å². The molecule has 2 aromatic carbocycles. The van der Waals surface area contributed by atoms with E-state index in [0.29, 0.717) is 11.8 Å². The van der Waals surface area contributed by atoms with E-state index in [0.717, 1.165) is 16.2 Å². The summed E-state index contributed by atoms with van der Waals surface area (Å²) < 4.78 is 46.4. The Balaban J connectivity index is 1.91. The molecular weight excluding hydrogens is 449 g/mol. The number of esters is 1. The topological polar surface area (TPSA) is 59.5 Å². The van der Waals surface area contributed by atoms with Gasteiger partial charge in [0.25, 0.3) is 0 Å². The number of carbonyl (C=O) groups is 2. The summed E-state index contributed by atoms with van der Waals surface area (Å²) in [5.74, 6) is -4.34. The minimum Gasteiger partial charge on any atom is -0.466 e. The number of benzene rings is 2. The van der Waals surface area contributed by atoms with Crippen LogP contribution in [0.25, 0.3) is 10.2 Å². The van der Waals surface area contributed by atoms with E-state index < -0.39 is 28.9 Å². The Hall–Kier alpha value is -2.59. The standard InChI is InChI=1S/C21H19F3N2O3S2/c1-3-29-18(28)9-8-17(27)26(12-4-6-13(30-2)7-5-12)11-16-25-20-19(24)14(22)10-15(23)21(20)31-16/h4-7,10H,3,8-9,11H2,1-2H3. The van der Waals surface area contributed by atoms with Crippen molar-refractivity contribution < 1.29 is 27.5 Å². The highest BCUT2D eigenvalue weighted by molar-refractivity contribution is 7.98. The maximum Gasteiger partial charge on any atom is 0.306 e. The summed E-state index contributed by atoms with van der Waals surface area (Å²) in [5, 5.41) is 0.233. The van der Waals surface area contributed by atoms with Crippen LogP contribution in [0.1, 0.15) is 24.8 Å². The zero-order chi connectivity index (χ0) is 22.5. The van der Waals surface area contributed by atoms with Crippen molar-refractivity contribution in [1.29, 1.82) is 0 Å². The second-order valence-corrected chi connectivity index (χ2v) is 8.39. The number of anilines is 1. The molecular formula is C21H19F3N2O3S2. The highest BCUT2D eigenvalue weighted by atomic mass is 32.2. The molecule has 31 heavy (non-hydrogen) atoms. The molecule has 0 N–H and O–H groups in total. The molecule has 3 rings (SSSR count). The maximum absolute atomic E-state index is 14.1. The average Bonchev–Trinajstić information content (AvgIpc) is 3.19. The smallest absolute Gasteiger partial charge is 0.306 e. The van der Waals surface area contributed by atoms with Gasteiger partial charge in [-0.3, -0.25) is 9.59 Å². The quantitative estimate of drug-likeness (QED) is 0.255. The second-order valence-electron chi connectivity index (χ2n) is 6.42. The van der Waals surface area contributed by atoms with E-state index in [1.165, 1.54) is 16.7 Å². The number of amides is 1. The van der Waals surface area contributed by atoms with E-state index >= 15 is 0 Å². The number of hydrogen-bond donors (Lipinski definition) is 0. The summed E-state index contributed by atoms with van der Waals surface area (Å²) in [6, 6.07) is 7.62. The van der Waals surface area contributed by atoms with Gasteiger partial charge in [-0.05, 0) is 37.4 Å². The molecule has 0 aliphatic carbocycles. The number of rotatable bonds is 8. The number of ether oxygens (including phenoxy) is 1. The molecule has 0 atom stereocenters. The van der Waals surface area contributed by atoms with Gasteiger partial charge >= 0.3 is 5.97 Å². The third-order valence-corrected chi connectivity index (χ3v) is 6.18. The SMILES string of the molecule is CCOC(=O)CCC(=O)N(Cc1nc2c(F)c(F)cc(F)c2s1)c1ccc(SC)cc1. The Labute approximate surface area is 185 Å². The number of carbonyl (C=O) groups excluding carboxylic acids is 2. The lowest BCUT2D eigenvalue weighted by atomic mass is 10.2. The molecule has 0 radical (unpaired) electrons. The Kier molecular flexibility index (Phi) is 7.55. The average molecular weight is 469 g/mol. The van der Waals surface area contributed by atoms with Crippen LogP contribution >= 0.6 is 23.1 Å². The minimum atomic E-state index is -1.32. The number of thiazole rings is 1. The van der Waals surface area contributed by atoms with Gasteiger partial charge in [-0.25, -0.2) is 18.2 Å². The van der Waals surface area contributed by atoms with Gasteiger partial charge < -0.3 is 9.64 Å². The Morgan fingerprint density at radius 1 is 1.13 bits per heavy atom. The zero-order valence-electron chi connectivity index (χ0n) is 16.8. The van der Waals surface area contributed by atoms with E-state index in [-0.39, 0.29) is 41.6 Å². The molecule has 0 saturated carbocycles.